The molecule has 3 aromatic rings. The molecule has 0 saturated heterocycles. The largest absolute Gasteiger partial charge is 0.503 e. The van der Waals surface area contributed by atoms with Crippen LogP contribution in [0.5, 0.6) is 23.1 Å². The molecule has 2 heterocycles. The third-order valence-electron chi connectivity index (χ3n) is 5.06. The van der Waals surface area contributed by atoms with E-state index in [9.17, 15) is 4.79 Å². The summed E-state index contributed by atoms with van der Waals surface area (Å²) in [5.41, 5.74) is 2.82. The minimum absolute atomic E-state index is 0.192. The van der Waals surface area contributed by atoms with E-state index in [1.54, 1.807) is 36.5 Å². The predicted octanol–water partition coefficient (Wildman–Crippen LogP) is 4.63. The van der Waals surface area contributed by atoms with Gasteiger partial charge in [-0.15, -0.1) is 0 Å². The number of hydrogen-bond donors (Lipinski definition) is 3. The number of nitrogens with one attached hydrogen (secondary N) is 1. The Kier molecular flexibility index (Phi) is 6.58. The van der Waals surface area contributed by atoms with Crippen molar-refractivity contribution in [1.82, 2.24) is 10.3 Å². The van der Waals surface area contributed by atoms with Crippen LogP contribution in [0.1, 0.15) is 40.2 Å². The Morgan fingerprint density at radius 1 is 1.03 bits per heavy atom. The van der Waals surface area contributed by atoms with Gasteiger partial charge in [0.1, 0.15) is 11.3 Å². The van der Waals surface area contributed by atoms with Crippen molar-refractivity contribution in [2.24, 2.45) is 0 Å². The first-order chi connectivity index (χ1) is 16.0. The topological polar surface area (TPSA) is 127 Å². The second-order valence-electron chi connectivity index (χ2n) is 7.45. The predicted molar refractivity (Wildman–Crippen MR) is 117 cm³/mol. The van der Waals surface area contributed by atoms with Crippen molar-refractivity contribution in [2.45, 2.75) is 25.3 Å². The van der Waals surface area contributed by atoms with Crippen molar-refractivity contribution < 1.29 is 34.0 Å². The molecule has 0 atom stereocenters. The van der Waals surface area contributed by atoms with Crippen molar-refractivity contribution in [3.05, 3.63) is 77.5 Å². The first-order valence-electron chi connectivity index (χ1n) is 10.3. The maximum atomic E-state index is 12.7. The molecule has 1 saturated carbocycles. The maximum absolute atomic E-state index is 12.7. The number of pyridine rings is 1. The van der Waals surface area contributed by atoms with Gasteiger partial charge in [0.05, 0.1) is 0 Å². The molecule has 1 aliphatic heterocycles. The van der Waals surface area contributed by atoms with Crippen LogP contribution in [0.3, 0.4) is 0 Å². The number of amides is 1. The van der Waals surface area contributed by atoms with Crippen LogP contribution in [0.4, 0.5) is 4.79 Å². The Morgan fingerprint density at radius 2 is 1.76 bits per heavy atom. The Bertz CT molecular complexity index is 1140. The van der Waals surface area contributed by atoms with E-state index in [1.165, 1.54) is 18.4 Å². The van der Waals surface area contributed by atoms with E-state index in [1.807, 2.05) is 0 Å². The van der Waals surface area contributed by atoms with E-state index in [-0.39, 0.29) is 18.6 Å². The summed E-state index contributed by atoms with van der Waals surface area (Å²) in [4.78, 5) is 25.5. The quantitative estimate of drug-likeness (QED) is 0.496. The lowest BCUT2D eigenvalue weighted by Gasteiger charge is -2.11. The summed E-state index contributed by atoms with van der Waals surface area (Å²) in [7, 11) is 0. The molecular weight excluding hydrogens is 428 g/mol. The Morgan fingerprint density at radius 3 is 2.48 bits per heavy atom. The van der Waals surface area contributed by atoms with Crippen LogP contribution in [0.25, 0.3) is 0 Å². The molecule has 0 bridgehead atoms. The zero-order chi connectivity index (χ0) is 23.2. The average Bonchev–Trinajstić information content (AvgIpc) is 3.55. The zero-order valence-electron chi connectivity index (χ0n) is 17.6. The fourth-order valence-electron chi connectivity index (χ4n) is 3.30. The van der Waals surface area contributed by atoms with Gasteiger partial charge in [-0.25, -0.2) is 9.78 Å². The third kappa shape index (κ3) is 5.91. The highest BCUT2D eigenvalue weighted by atomic mass is 16.7. The van der Waals surface area contributed by atoms with E-state index < -0.39 is 6.16 Å². The summed E-state index contributed by atoms with van der Waals surface area (Å²) in [6.07, 6.45) is 2.32. The number of ether oxygens (including phenoxy) is 3. The molecule has 3 N–H and O–H groups in total. The Balaban J connectivity index is 0.000000601. The van der Waals surface area contributed by atoms with Crippen LogP contribution < -0.4 is 19.5 Å². The van der Waals surface area contributed by atoms with Crippen LogP contribution in [0, 0.1) is 0 Å². The van der Waals surface area contributed by atoms with E-state index in [0.29, 0.717) is 29.4 Å². The van der Waals surface area contributed by atoms with E-state index in [0.717, 1.165) is 11.5 Å². The summed E-state index contributed by atoms with van der Waals surface area (Å²) in [6, 6.07) is 17.1. The van der Waals surface area contributed by atoms with E-state index >= 15 is 0 Å². The second kappa shape index (κ2) is 9.90. The minimum atomic E-state index is -1.83. The number of carboxylic acid groups (broad SMARTS) is 2. The normalized spacial score (nSPS) is 13.5. The summed E-state index contributed by atoms with van der Waals surface area (Å²) < 4.78 is 16.5. The molecule has 0 spiro atoms. The fraction of sp³-hybridized carbons (Fsp3) is 0.208. The molecule has 170 valence electrons. The lowest BCUT2D eigenvalue weighted by atomic mass is 10.1. The van der Waals surface area contributed by atoms with Gasteiger partial charge in [-0.2, -0.15) is 0 Å². The molecule has 33 heavy (non-hydrogen) atoms. The average molecular weight is 450 g/mol. The van der Waals surface area contributed by atoms with Gasteiger partial charge < -0.3 is 29.7 Å². The number of fused-ring (bicyclic) bond motifs is 1. The molecule has 1 aliphatic carbocycles. The smallest absolute Gasteiger partial charge is 0.454 e. The van der Waals surface area contributed by atoms with Gasteiger partial charge >= 0.3 is 6.16 Å². The lowest BCUT2D eigenvalue weighted by molar-refractivity contribution is 0.0947. The van der Waals surface area contributed by atoms with Crippen LogP contribution >= 0.6 is 0 Å². The van der Waals surface area contributed by atoms with Crippen LogP contribution in [0.2, 0.25) is 0 Å². The summed E-state index contributed by atoms with van der Waals surface area (Å²) >= 11 is 0. The van der Waals surface area contributed by atoms with Crippen molar-refractivity contribution in [3.63, 3.8) is 0 Å². The number of benzene rings is 2. The molecule has 9 heteroatoms. The van der Waals surface area contributed by atoms with Crippen molar-refractivity contribution in [1.29, 1.82) is 0 Å². The highest BCUT2D eigenvalue weighted by molar-refractivity contribution is 5.96. The zero-order valence-corrected chi connectivity index (χ0v) is 17.6. The van der Waals surface area contributed by atoms with Gasteiger partial charge in [-0.1, -0.05) is 24.3 Å². The molecular formula is C24H22N2O7. The molecule has 0 radical (unpaired) electrons. The molecule has 1 amide bonds. The highest BCUT2D eigenvalue weighted by Gasteiger charge is 2.23. The number of nitrogens with zero attached hydrogens (tertiary/aromatic N) is 1. The number of hydrogen-bond acceptors (Lipinski definition) is 6. The highest BCUT2D eigenvalue weighted by Crippen LogP contribution is 2.40. The number of carbonyl (C=O) groups excluding carboxylic acids is 1. The molecule has 0 unspecified atom stereocenters. The van der Waals surface area contributed by atoms with Gasteiger partial charge in [0, 0.05) is 18.8 Å². The summed E-state index contributed by atoms with van der Waals surface area (Å²) in [5.74, 6) is 2.54. The first-order valence-corrected chi connectivity index (χ1v) is 10.3. The summed E-state index contributed by atoms with van der Waals surface area (Å²) in [5, 5.41) is 16.9. The molecule has 1 aromatic heterocycles. The van der Waals surface area contributed by atoms with Crippen LogP contribution in [-0.2, 0) is 6.54 Å². The van der Waals surface area contributed by atoms with E-state index in [4.69, 9.17) is 29.2 Å². The number of carbonyl (C=O) groups is 2. The molecule has 2 aliphatic rings. The minimum Gasteiger partial charge on any atom is -0.454 e. The molecule has 5 rings (SSSR count). The molecule has 9 nitrogen and oxygen atoms in total. The van der Waals surface area contributed by atoms with Gasteiger partial charge in [-0.3, -0.25) is 4.79 Å². The summed E-state index contributed by atoms with van der Waals surface area (Å²) in [6.45, 7) is 0.639. The van der Waals surface area contributed by atoms with Gasteiger partial charge in [-0.05, 0) is 54.2 Å². The Labute approximate surface area is 189 Å². The Hall–Kier alpha value is -4.27. The molecule has 2 aromatic carbocycles. The van der Waals surface area contributed by atoms with Crippen LogP contribution in [-0.4, -0.2) is 34.1 Å². The maximum Gasteiger partial charge on any atom is 0.503 e. The van der Waals surface area contributed by atoms with E-state index in [2.05, 4.69) is 34.6 Å². The third-order valence-corrected chi connectivity index (χ3v) is 5.06. The fourth-order valence-corrected chi connectivity index (χ4v) is 3.30. The lowest BCUT2D eigenvalue weighted by Crippen LogP contribution is -2.23. The SMILES string of the molecule is O=C(NCc1ccc(C2CC2)cc1)c1cccnc1Oc1ccc2c(c1)OCO2.O=C(O)O. The van der Waals surface area contributed by atoms with Gasteiger partial charge in [0.25, 0.3) is 5.91 Å². The second-order valence-corrected chi connectivity index (χ2v) is 7.45. The standard InChI is InChI=1S/C23H20N2O4.CH2O3/c26-22(25-13-15-3-5-16(6-4-15)17-7-8-17)19-2-1-11-24-23(19)29-18-9-10-20-21(12-18)28-14-27-20;2-1(3)4/h1-6,9-12,17H,7-8,13-14H2,(H,25,26);(H2,2,3,4). The first kappa shape index (κ1) is 21.9. The monoisotopic (exact) mass is 450 g/mol. The number of rotatable bonds is 6. The van der Waals surface area contributed by atoms with Crippen LogP contribution in [0.15, 0.2) is 60.8 Å². The van der Waals surface area contributed by atoms with Crippen molar-refractivity contribution >= 4 is 12.1 Å². The molecule has 1 fully saturated rings. The number of aromatic nitrogens is 1. The van der Waals surface area contributed by atoms with Crippen molar-refractivity contribution in [3.8, 4) is 23.1 Å². The van der Waals surface area contributed by atoms with Crippen molar-refractivity contribution in [2.75, 3.05) is 6.79 Å². The van der Waals surface area contributed by atoms with Gasteiger partial charge in [0.15, 0.2) is 11.5 Å². The van der Waals surface area contributed by atoms with Gasteiger partial charge in [0.2, 0.25) is 12.7 Å².